The molecule has 0 saturated heterocycles. The molecule has 0 spiro atoms. The Morgan fingerprint density at radius 2 is 2.05 bits per heavy atom. The SMILES string of the molecule is CCC(CCNC(=O)c1cc(O)[nH]c(=O)c1)CCC(=O)O. The van der Waals surface area contributed by atoms with Crippen LogP contribution in [0.15, 0.2) is 16.9 Å². The van der Waals surface area contributed by atoms with E-state index in [1.165, 1.54) is 6.07 Å². The van der Waals surface area contributed by atoms with E-state index in [1.54, 1.807) is 0 Å². The van der Waals surface area contributed by atoms with Gasteiger partial charge in [0.15, 0.2) is 5.88 Å². The molecular weight excluding hydrogens is 276 g/mol. The van der Waals surface area contributed by atoms with Crippen molar-refractivity contribution in [3.05, 3.63) is 28.0 Å². The van der Waals surface area contributed by atoms with Crippen LogP contribution in [0.3, 0.4) is 0 Å². The maximum atomic E-state index is 11.8. The summed E-state index contributed by atoms with van der Waals surface area (Å²) in [5.41, 5.74) is -0.456. The fourth-order valence-corrected chi connectivity index (χ4v) is 2.03. The van der Waals surface area contributed by atoms with E-state index < -0.39 is 17.4 Å². The first-order chi connectivity index (χ1) is 9.92. The molecule has 1 unspecified atom stereocenters. The number of carbonyl (C=O) groups is 2. The first-order valence-corrected chi connectivity index (χ1v) is 6.85. The molecule has 1 amide bonds. The van der Waals surface area contributed by atoms with Crippen molar-refractivity contribution in [1.82, 2.24) is 10.3 Å². The lowest BCUT2D eigenvalue weighted by atomic mass is 9.96. The maximum absolute atomic E-state index is 11.8. The summed E-state index contributed by atoms with van der Waals surface area (Å²) in [5, 5.41) is 20.5. The minimum Gasteiger partial charge on any atom is -0.494 e. The zero-order chi connectivity index (χ0) is 15.8. The van der Waals surface area contributed by atoms with Gasteiger partial charge >= 0.3 is 5.97 Å². The molecule has 7 nitrogen and oxygen atoms in total. The van der Waals surface area contributed by atoms with Gasteiger partial charge in [0.2, 0.25) is 0 Å². The molecule has 0 bridgehead atoms. The van der Waals surface area contributed by atoms with E-state index in [0.717, 1.165) is 12.5 Å². The highest BCUT2D eigenvalue weighted by atomic mass is 16.4. The van der Waals surface area contributed by atoms with Crippen molar-refractivity contribution < 1.29 is 19.8 Å². The Balaban J connectivity index is 2.45. The summed E-state index contributed by atoms with van der Waals surface area (Å²) in [5.74, 6) is -1.39. The number of pyridine rings is 1. The third kappa shape index (κ3) is 6.11. The fourth-order valence-electron chi connectivity index (χ4n) is 2.03. The molecule has 1 aromatic rings. The van der Waals surface area contributed by atoms with E-state index in [-0.39, 0.29) is 23.8 Å². The molecule has 1 aromatic heterocycles. The van der Waals surface area contributed by atoms with Crippen LogP contribution in [0.5, 0.6) is 5.88 Å². The highest BCUT2D eigenvalue weighted by Gasteiger charge is 2.11. The van der Waals surface area contributed by atoms with Gasteiger partial charge in [-0.3, -0.25) is 19.4 Å². The Labute approximate surface area is 122 Å². The van der Waals surface area contributed by atoms with Crippen LogP contribution in [0, 0.1) is 5.92 Å². The minimum atomic E-state index is -0.823. The zero-order valence-corrected chi connectivity index (χ0v) is 11.9. The van der Waals surface area contributed by atoms with Gasteiger partial charge in [-0.25, -0.2) is 0 Å². The summed E-state index contributed by atoms with van der Waals surface area (Å²) in [6.07, 6.45) is 2.21. The molecule has 0 aliphatic rings. The number of aromatic hydroxyl groups is 1. The summed E-state index contributed by atoms with van der Waals surface area (Å²) >= 11 is 0. The van der Waals surface area contributed by atoms with Crippen molar-refractivity contribution in [1.29, 1.82) is 0 Å². The van der Waals surface area contributed by atoms with Crippen LogP contribution in [0.4, 0.5) is 0 Å². The Morgan fingerprint density at radius 3 is 2.62 bits per heavy atom. The minimum absolute atomic E-state index is 0.0924. The number of hydrogen-bond donors (Lipinski definition) is 4. The maximum Gasteiger partial charge on any atom is 0.303 e. The third-order valence-electron chi connectivity index (χ3n) is 3.27. The second-order valence-electron chi connectivity index (χ2n) is 4.87. The van der Waals surface area contributed by atoms with Gasteiger partial charge in [-0.1, -0.05) is 13.3 Å². The first kappa shape index (κ1) is 16.7. The normalized spacial score (nSPS) is 11.9. The highest BCUT2D eigenvalue weighted by molar-refractivity contribution is 5.94. The summed E-state index contributed by atoms with van der Waals surface area (Å²) in [4.78, 5) is 35.6. The highest BCUT2D eigenvalue weighted by Crippen LogP contribution is 2.14. The van der Waals surface area contributed by atoms with Crippen LogP contribution < -0.4 is 10.9 Å². The van der Waals surface area contributed by atoms with E-state index >= 15 is 0 Å². The molecule has 1 heterocycles. The van der Waals surface area contributed by atoms with Crippen molar-refractivity contribution in [3.63, 3.8) is 0 Å². The molecule has 1 atom stereocenters. The van der Waals surface area contributed by atoms with E-state index in [9.17, 15) is 19.5 Å². The quantitative estimate of drug-likeness (QED) is 0.572. The van der Waals surface area contributed by atoms with Crippen molar-refractivity contribution >= 4 is 11.9 Å². The monoisotopic (exact) mass is 296 g/mol. The van der Waals surface area contributed by atoms with E-state index in [2.05, 4.69) is 10.3 Å². The summed E-state index contributed by atoms with van der Waals surface area (Å²) in [7, 11) is 0. The number of nitrogens with one attached hydrogen (secondary N) is 2. The molecule has 0 fully saturated rings. The molecule has 1 rings (SSSR count). The van der Waals surface area contributed by atoms with Crippen molar-refractivity contribution in [2.24, 2.45) is 5.92 Å². The van der Waals surface area contributed by atoms with Crippen LogP contribution in [0.1, 0.15) is 43.0 Å². The van der Waals surface area contributed by atoms with E-state index in [0.29, 0.717) is 19.4 Å². The fraction of sp³-hybridized carbons (Fsp3) is 0.500. The summed E-state index contributed by atoms with van der Waals surface area (Å²) < 4.78 is 0. The largest absolute Gasteiger partial charge is 0.494 e. The molecule has 21 heavy (non-hydrogen) atoms. The van der Waals surface area contributed by atoms with Gasteiger partial charge in [-0.15, -0.1) is 0 Å². The average Bonchev–Trinajstić information content (AvgIpc) is 2.41. The zero-order valence-electron chi connectivity index (χ0n) is 11.9. The lowest BCUT2D eigenvalue weighted by Crippen LogP contribution is -2.27. The van der Waals surface area contributed by atoms with Crippen molar-refractivity contribution in [2.45, 2.75) is 32.6 Å². The Bertz CT molecular complexity index is 553. The number of rotatable bonds is 8. The molecule has 0 radical (unpaired) electrons. The first-order valence-electron chi connectivity index (χ1n) is 6.85. The lowest BCUT2D eigenvalue weighted by Gasteiger charge is -2.14. The number of hydrogen-bond acceptors (Lipinski definition) is 4. The predicted octanol–water partition coefficient (Wildman–Crippen LogP) is 1.09. The van der Waals surface area contributed by atoms with Crippen molar-refractivity contribution in [3.8, 4) is 5.88 Å². The van der Waals surface area contributed by atoms with Crippen LogP contribution >= 0.6 is 0 Å². The van der Waals surface area contributed by atoms with Crippen LogP contribution in [0.2, 0.25) is 0 Å². The van der Waals surface area contributed by atoms with Gasteiger partial charge in [-0.05, 0) is 18.8 Å². The van der Waals surface area contributed by atoms with Gasteiger partial charge in [-0.2, -0.15) is 0 Å². The molecule has 0 aliphatic heterocycles. The number of carboxylic acid groups (broad SMARTS) is 1. The number of aromatic amines is 1. The Hall–Kier alpha value is -2.31. The third-order valence-corrected chi connectivity index (χ3v) is 3.27. The Kier molecular flexibility index (Phi) is 6.45. The number of amides is 1. The van der Waals surface area contributed by atoms with Crippen molar-refractivity contribution in [2.75, 3.05) is 6.54 Å². The standard InChI is InChI=1S/C14H20N2O5/c1-2-9(3-4-13(19)20)5-6-15-14(21)10-7-11(17)16-12(18)8-10/h7-9H,2-6H2,1H3,(H,15,21)(H,19,20)(H2,16,17,18). The van der Waals surface area contributed by atoms with E-state index in [4.69, 9.17) is 5.11 Å². The van der Waals surface area contributed by atoms with Gasteiger partial charge in [0.05, 0.1) is 5.56 Å². The molecule has 7 heteroatoms. The van der Waals surface area contributed by atoms with Gasteiger partial charge in [0.25, 0.3) is 11.5 Å². The van der Waals surface area contributed by atoms with Crippen LogP contribution in [-0.2, 0) is 4.79 Å². The number of H-pyrrole nitrogens is 1. The molecule has 0 aromatic carbocycles. The van der Waals surface area contributed by atoms with Crippen LogP contribution in [-0.4, -0.2) is 33.6 Å². The predicted molar refractivity (Wildman–Crippen MR) is 76.3 cm³/mol. The average molecular weight is 296 g/mol. The molecule has 0 aliphatic carbocycles. The van der Waals surface area contributed by atoms with Gasteiger partial charge < -0.3 is 15.5 Å². The van der Waals surface area contributed by atoms with Crippen LogP contribution in [0.25, 0.3) is 0 Å². The second kappa shape index (κ2) is 8.08. The summed E-state index contributed by atoms with van der Waals surface area (Å²) in [6, 6.07) is 2.29. The second-order valence-corrected chi connectivity index (χ2v) is 4.87. The Morgan fingerprint density at radius 1 is 1.33 bits per heavy atom. The number of aliphatic carboxylic acids is 1. The number of carboxylic acids is 1. The molecular formula is C14H20N2O5. The van der Waals surface area contributed by atoms with Gasteiger partial charge in [0.1, 0.15) is 0 Å². The molecule has 4 N–H and O–H groups in total. The summed E-state index contributed by atoms with van der Waals surface area (Å²) in [6.45, 7) is 2.37. The lowest BCUT2D eigenvalue weighted by molar-refractivity contribution is -0.137. The smallest absolute Gasteiger partial charge is 0.303 e. The molecule has 116 valence electrons. The molecule has 0 saturated carbocycles. The van der Waals surface area contributed by atoms with E-state index in [1.807, 2.05) is 6.92 Å². The number of carbonyl (C=O) groups excluding carboxylic acids is 1. The topological polar surface area (TPSA) is 119 Å². The number of aromatic nitrogens is 1. The van der Waals surface area contributed by atoms with Gasteiger partial charge in [0, 0.05) is 25.1 Å².